The Hall–Kier alpha value is -7.44. The smallest absolute Gasteiger partial charge is 0.243 e. The molecule has 422 valence electrons. The topological polar surface area (TPSA) is 248 Å². The fourth-order valence-electron chi connectivity index (χ4n) is 13.0. The molecule has 6 aliphatic rings. The number of aliphatic hydroxyl groups is 1. The van der Waals surface area contributed by atoms with Crippen LogP contribution in [0.4, 0.5) is 14.5 Å². The third-order valence-electron chi connectivity index (χ3n) is 17.0. The van der Waals surface area contributed by atoms with Gasteiger partial charge in [-0.2, -0.15) is 0 Å². The SMILES string of the molecule is CCCC1O[C@@H]2C[C@H]3[C@@H]4C[C@H](F)C5=CC(=O)C=C[C@]5(C)[C@@]4(F)[C@@H](O)C[C@]3(C)[C@]2(C(=O)COCNC(=O)CNC(=O)[C@H](Cc2ccccc2)NC(=O)CNC(=O)CNC(=O)CCC(=O)N2Cc3ccccc3C#Cc3ccccc32)O1. The average Bonchev–Trinajstić information content (AvgIpc) is 4.14. The molecule has 20 heteroatoms. The van der Waals surface area contributed by atoms with Crippen LogP contribution in [0, 0.1) is 34.5 Å². The number of carbonyl (C=O) groups is 8. The predicted octanol–water partition coefficient (Wildman–Crippen LogP) is 3.66. The van der Waals surface area contributed by atoms with E-state index in [0.717, 1.165) is 17.2 Å². The lowest BCUT2D eigenvalue weighted by molar-refractivity contribution is -0.235. The van der Waals surface area contributed by atoms with E-state index in [0.29, 0.717) is 29.7 Å². The highest BCUT2D eigenvalue weighted by Crippen LogP contribution is 2.72. The maximum absolute atomic E-state index is 17.9. The molecule has 2 aliphatic heterocycles. The number of ether oxygens (including phenoxy) is 3. The van der Waals surface area contributed by atoms with Crippen LogP contribution in [0.3, 0.4) is 0 Å². The number of fused-ring (bicyclic) bond motifs is 9. The van der Waals surface area contributed by atoms with Crippen molar-refractivity contribution in [3.63, 3.8) is 0 Å². The Labute approximate surface area is 462 Å². The third kappa shape index (κ3) is 11.1. The van der Waals surface area contributed by atoms with E-state index < -0.39 is 139 Å². The minimum atomic E-state index is -2.38. The summed E-state index contributed by atoms with van der Waals surface area (Å²) in [5.41, 5.74) is -3.36. The Morgan fingerprint density at radius 1 is 0.825 bits per heavy atom. The number of alkyl halides is 2. The van der Waals surface area contributed by atoms with Gasteiger partial charge in [0.05, 0.1) is 44.1 Å². The highest BCUT2D eigenvalue weighted by atomic mass is 19.1. The first-order valence-electron chi connectivity index (χ1n) is 27.1. The fraction of sp³-hybridized carbons (Fsp3) is 0.467. The predicted molar refractivity (Wildman–Crippen MR) is 286 cm³/mol. The summed E-state index contributed by atoms with van der Waals surface area (Å²) in [7, 11) is 0. The maximum atomic E-state index is 17.9. The number of para-hydroxylation sites is 1. The molecule has 2 heterocycles. The second-order valence-electron chi connectivity index (χ2n) is 21.8. The van der Waals surface area contributed by atoms with E-state index in [1.54, 1.807) is 54.3 Å². The second-order valence-corrected chi connectivity index (χ2v) is 21.8. The van der Waals surface area contributed by atoms with Crippen LogP contribution in [0.1, 0.15) is 88.0 Å². The monoisotopic (exact) mass is 1100 g/mol. The van der Waals surface area contributed by atoms with Crippen molar-refractivity contribution in [3.8, 4) is 11.8 Å². The van der Waals surface area contributed by atoms with Crippen molar-refractivity contribution in [3.05, 3.63) is 125 Å². The summed E-state index contributed by atoms with van der Waals surface area (Å²) in [6.45, 7) is 2.74. The molecule has 0 aromatic heterocycles. The van der Waals surface area contributed by atoms with Crippen LogP contribution in [0.2, 0.25) is 0 Å². The molecule has 4 aliphatic carbocycles. The quantitative estimate of drug-likeness (QED) is 0.0540. The van der Waals surface area contributed by atoms with Gasteiger partial charge < -0.3 is 50.8 Å². The molecule has 3 aromatic rings. The van der Waals surface area contributed by atoms with Crippen LogP contribution in [-0.2, 0) is 65.5 Å². The van der Waals surface area contributed by atoms with Gasteiger partial charge in [-0.05, 0) is 85.6 Å². The van der Waals surface area contributed by atoms with Crippen molar-refractivity contribution >= 4 is 52.7 Å². The first-order chi connectivity index (χ1) is 38.3. The molecule has 9 rings (SSSR count). The second kappa shape index (κ2) is 23.7. The summed E-state index contributed by atoms with van der Waals surface area (Å²) in [4.78, 5) is 107. The Morgan fingerprint density at radius 2 is 1.50 bits per heavy atom. The van der Waals surface area contributed by atoms with Crippen molar-refractivity contribution < 1.29 is 66.5 Å². The van der Waals surface area contributed by atoms with Gasteiger partial charge in [0.15, 0.2) is 29.1 Å². The highest BCUT2D eigenvalue weighted by Gasteiger charge is 2.80. The summed E-state index contributed by atoms with van der Waals surface area (Å²) >= 11 is 0. The third-order valence-corrected chi connectivity index (χ3v) is 17.0. The van der Waals surface area contributed by atoms with E-state index in [1.165, 1.54) is 19.1 Å². The molecule has 6 N–H and O–H groups in total. The molecule has 3 aromatic carbocycles. The van der Waals surface area contributed by atoms with E-state index in [4.69, 9.17) is 14.2 Å². The van der Waals surface area contributed by atoms with Gasteiger partial charge >= 0.3 is 0 Å². The van der Waals surface area contributed by atoms with E-state index in [2.05, 4.69) is 38.4 Å². The number of nitrogens with zero attached hydrogens (tertiary/aromatic N) is 1. The number of halogens is 2. The van der Waals surface area contributed by atoms with Gasteiger partial charge in [0, 0.05) is 47.1 Å². The number of rotatable bonds is 20. The van der Waals surface area contributed by atoms with Gasteiger partial charge in [-0.3, -0.25) is 38.4 Å². The van der Waals surface area contributed by atoms with Gasteiger partial charge in [-0.1, -0.05) is 98.8 Å². The van der Waals surface area contributed by atoms with E-state index in [-0.39, 0.29) is 56.5 Å². The van der Waals surface area contributed by atoms with Gasteiger partial charge in [0.2, 0.25) is 35.4 Å². The number of benzene rings is 3. The maximum Gasteiger partial charge on any atom is 0.243 e. The fourth-order valence-corrected chi connectivity index (χ4v) is 13.0. The largest absolute Gasteiger partial charge is 0.390 e. The number of carbonyl (C=O) groups excluding carboxylic acids is 8. The molecule has 6 amide bonds. The van der Waals surface area contributed by atoms with Crippen LogP contribution in [0.5, 0.6) is 0 Å². The molecule has 80 heavy (non-hydrogen) atoms. The van der Waals surface area contributed by atoms with E-state index in [1.807, 2.05) is 43.3 Å². The molecule has 18 nitrogen and oxygen atoms in total. The van der Waals surface area contributed by atoms with Crippen LogP contribution < -0.4 is 31.5 Å². The molecule has 1 unspecified atom stereocenters. The number of Topliss-reactive ketones (excluding diaryl/α,β-unsaturated/α-hetero) is 1. The molecular formula is C60H66F2N6O12. The zero-order chi connectivity index (χ0) is 57.0. The summed E-state index contributed by atoms with van der Waals surface area (Å²) in [5, 5.41) is 24.3. The molecule has 1 saturated heterocycles. The number of amides is 6. The summed E-state index contributed by atoms with van der Waals surface area (Å²) < 4.78 is 52.6. The molecular weight excluding hydrogens is 1030 g/mol. The van der Waals surface area contributed by atoms with Crippen molar-refractivity contribution in [1.29, 1.82) is 0 Å². The molecule has 3 saturated carbocycles. The molecule has 4 fully saturated rings. The van der Waals surface area contributed by atoms with Crippen LogP contribution in [0.15, 0.2) is 103 Å². The van der Waals surface area contributed by atoms with Crippen molar-refractivity contribution in [2.75, 3.05) is 37.9 Å². The highest BCUT2D eigenvalue weighted by molar-refractivity contribution is 6.01. The molecule has 0 radical (unpaired) electrons. The van der Waals surface area contributed by atoms with Gasteiger partial charge in [0.25, 0.3) is 0 Å². The van der Waals surface area contributed by atoms with Gasteiger partial charge in [-0.25, -0.2) is 8.78 Å². The number of allylic oxidation sites excluding steroid dienone is 4. The average molecular weight is 1100 g/mol. The van der Waals surface area contributed by atoms with Gasteiger partial charge in [0.1, 0.15) is 25.6 Å². The number of hydrogen-bond acceptors (Lipinski definition) is 12. The van der Waals surface area contributed by atoms with Crippen molar-refractivity contribution in [2.45, 2.75) is 121 Å². The first-order valence-corrected chi connectivity index (χ1v) is 27.1. The van der Waals surface area contributed by atoms with E-state index >= 15 is 8.78 Å². The number of nitrogens with one attached hydrogen (secondary N) is 5. The van der Waals surface area contributed by atoms with Crippen molar-refractivity contribution in [2.24, 2.45) is 22.7 Å². The minimum Gasteiger partial charge on any atom is -0.390 e. The van der Waals surface area contributed by atoms with Crippen LogP contribution in [-0.4, -0.2) is 127 Å². The minimum absolute atomic E-state index is 0.0121. The number of anilines is 1. The van der Waals surface area contributed by atoms with Crippen molar-refractivity contribution in [1.82, 2.24) is 26.6 Å². The summed E-state index contributed by atoms with van der Waals surface area (Å²) in [5.74, 6) is -0.247. The zero-order valence-corrected chi connectivity index (χ0v) is 44.8. The Bertz CT molecular complexity index is 3070. The zero-order valence-electron chi connectivity index (χ0n) is 44.8. The summed E-state index contributed by atoms with van der Waals surface area (Å²) in [6.07, 6.45) is -1.01. The number of hydrogen-bond donors (Lipinski definition) is 6. The van der Waals surface area contributed by atoms with E-state index in [9.17, 15) is 43.5 Å². The standard InChI is InChI=1S/C60H66F2N6O12/c1-4-12-55-79-49-28-41-42-27-44(61)43-26-40(69)23-24-57(43,2)59(42,62)47(70)29-58(41,3)60(49,80-55)48(71)34-78-35-66-52(74)31-65-56(77)45(25-36-13-6-5-7-14-36)67-53(75)32-64-51(73)30-63-50(72)21-22-54(76)68-33-39-17-9-8-15-37(39)19-20-38-16-10-11-18-46(38)68/h5-11,13-18,23-24,26,41-42,44-45,47,49,55,70H,4,12,21-22,25,27-35H2,1-3H3,(H,63,72)(H,64,73)(H,65,77)(H,66,74)(H,67,75)/t41-,42-,44-,45-,47-,49+,55?,57-,58-,59-,60+/m0/s1. The summed E-state index contributed by atoms with van der Waals surface area (Å²) in [6, 6.07) is 22.3. The van der Waals surface area contributed by atoms with Crippen LogP contribution >= 0.6 is 0 Å². The lowest BCUT2D eigenvalue weighted by Gasteiger charge is -2.63. The number of ketones is 2. The number of aliphatic hydroxyl groups excluding tert-OH is 1. The lowest BCUT2D eigenvalue weighted by Crippen LogP contribution is -2.71. The molecule has 11 atom stereocenters. The Morgan fingerprint density at radius 3 is 2.27 bits per heavy atom. The first kappa shape index (κ1) is 57.3. The van der Waals surface area contributed by atoms with Crippen LogP contribution in [0.25, 0.3) is 0 Å². The Kier molecular flexibility index (Phi) is 17.0. The Balaban J connectivity index is 0.740. The molecule has 0 bridgehead atoms. The molecule has 0 spiro atoms. The van der Waals surface area contributed by atoms with Gasteiger partial charge in [-0.15, -0.1) is 0 Å². The lowest BCUT2D eigenvalue weighted by atomic mass is 9.44. The normalized spacial score (nSPS) is 28.9.